The number of carboxylic acids is 1. The van der Waals surface area contributed by atoms with Gasteiger partial charge < -0.3 is 5.11 Å². The number of nitrogens with zero attached hydrogens (tertiary/aromatic N) is 2. The van der Waals surface area contributed by atoms with E-state index in [1.165, 1.54) is 6.33 Å². The summed E-state index contributed by atoms with van der Waals surface area (Å²) in [6.45, 7) is 4.30. The van der Waals surface area contributed by atoms with Gasteiger partial charge >= 0.3 is 5.97 Å². The molecule has 1 heterocycles. The molecule has 2 rings (SSSR count). The van der Waals surface area contributed by atoms with Crippen molar-refractivity contribution in [2.45, 2.75) is 18.9 Å². The number of fused-ring (bicyclic) bond motifs is 1. The first-order valence-corrected chi connectivity index (χ1v) is 6.67. The number of hydrogen-bond donors (Lipinski definition) is 1. The maximum Gasteiger partial charge on any atom is 0.335 e. The number of carbonyl (C=O) groups is 1. The Balaban J connectivity index is 2.40. The molecule has 0 aliphatic rings. The van der Waals surface area contributed by atoms with E-state index in [1.807, 2.05) is 0 Å². The fourth-order valence-electron chi connectivity index (χ4n) is 1.53. The van der Waals surface area contributed by atoms with Crippen LogP contribution >= 0.6 is 11.8 Å². The molecule has 0 saturated heterocycles. The number of rotatable bonds is 4. The molecular formula is C13H14N2O2S. The molecule has 0 atom stereocenters. The SMILES string of the molecule is CC(C)CSc1ncnc2cc(C(=O)O)ccc12. The van der Waals surface area contributed by atoms with Crippen LogP contribution in [0.3, 0.4) is 0 Å². The molecule has 0 saturated carbocycles. The van der Waals surface area contributed by atoms with Gasteiger partial charge in [-0.15, -0.1) is 11.8 Å². The van der Waals surface area contributed by atoms with Gasteiger partial charge in [0.1, 0.15) is 11.4 Å². The second-order valence-electron chi connectivity index (χ2n) is 4.42. The molecule has 1 aromatic carbocycles. The Morgan fingerprint density at radius 2 is 2.17 bits per heavy atom. The molecule has 18 heavy (non-hydrogen) atoms. The maximum atomic E-state index is 10.9. The first-order chi connectivity index (χ1) is 8.58. The number of carboxylic acid groups (broad SMARTS) is 1. The van der Waals surface area contributed by atoms with E-state index in [1.54, 1.807) is 30.0 Å². The zero-order chi connectivity index (χ0) is 13.1. The van der Waals surface area contributed by atoms with E-state index in [0.717, 1.165) is 16.2 Å². The van der Waals surface area contributed by atoms with Gasteiger partial charge in [-0.3, -0.25) is 0 Å². The first-order valence-electron chi connectivity index (χ1n) is 5.69. The highest BCUT2D eigenvalue weighted by Crippen LogP contribution is 2.26. The van der Waals surface area contributed by atoms with Gasteiger partial charge in [-0.05, 0) is 24.1 Å². The van der Waals surface area contributed by atoms with Crippen LogP contribution in [0.2, 0.25) is 0 Å². The van der Waals surface area contributed by atoms with Crippen molar-refractivity contribution in [2.75, 3.05) is 5.75 Å². The number of aromatic nitrogens is 2. The molecular weight excluding hydrogens is 248 g/mol. The van der Waals surface area contributed by atoms with Crippen LogP contribution in [0, 0.1) is 5.92 Å². The summed E-state index contributed by atoms with van der Waals surface area (Å²) in [5, 5.41) is 10.8. The van der Waals surface area contributed by atoms with Gasteiger partial charge in [-0.1, -0.05) is 13.8 Å². The normalized spacial score (nSPS) is 11.1. The summed E-state index contributed by atoms with van der Waals surface area (Å²) in [7, 11) is 0. The number of benzene rings is 1. The molecule has 0 aliphatic heterocycles. The fourth-order valence-corrected chi connectivity index (χ4v) is 2.47. The summed E-state index contributed by atoms with van der Waals surface area (Å²) < 4.78 is 0. The van der Waals surface area contributed by atoms with Crippen LogP contribution in [0.4, 0.5) is 0 Å². The third kappa shape index (κ3) is 2.79. The lowest BCUT2D eigenvalue weighted by atomic mass is 10.1. The topological polar surface area (TPSA) is 63.1 Å². The van der Waals surface area contributed by atoms with Gasteiger partial charge in [-0.25, -0.2) is 14.8 Å². The molecule has 4 nitrogen and oxygen atoms in total. The van der Waals surface area contributed by atoms with Gasteiger partial charge in [0.05, 0.1) is 11.1 Å². The Labute approximate surface area is 109 Å². The molecule has 0 fully saturated rings. The van der Waals surface area contributed by atoms with Crippen LogP contribution in [0.1, 0.15) is 24.2 Å². The van der Waals surface area contributed by atoms with E-state index in [2.05, 4.69) is 23.8 Å². The van der Waals surface area contributed by atoms with Gasteiger partial charge in [0.15, 0.2) is 0 Å². The first kappa shape index (κ1) is 12.8. The van der Waals surface area contributed by atoms with Crippen LogP contribution in [0.25, 0.3) is 10.9 Å². The zero-order valence-corrected chi connectivity index (χ0v) is 11.1. The van der Waals surface area contributed by atoms with Crippen LogP contribution in [-0.4, -0.2) is 26.8 Å². The summed E-state index contributed by atoms with van der Waals surface area (Å²) in [6, 6.07) is 4.95. The standard InChI is InChI=1S/C13H14N2O2S/c1-8(2)6-18-12-10-4-3-9(13(16)17)5-11(10)14-7-15-12/h3-5,7-8H,6H2,1-2H3,(H,16,17). The van der Waals surface area contributed by atoms with Gasteiger partial charge in [0, 0.05) is 11.1 Å². The summed E-state index contributed by atoms with van der Waals surface area (Å²) in [4.78, 5) is 19.3. The van der Waals surface area contributed by atoms with Crippen LogP contribution in [0.5, 0.6) is 0 Å². The highest BCUT2D eigenvalue weighted by Gasteiger charge is 2.09. The highest BCUT2D eigenvalue weighted by molar-refractivity contribution is 7.99. The van der Waals surface area contributed by atoms with E-state index < -0.39 is 5.97 Å². The molecule has 1 N–H and O–H groups in total. The lowest BCUT2D eigenvalue weighted by Gasteiger charge is -2.07. The second kappa shape index (κ2) is 5.35. The lowest BCUT2D eigenvalue weighted by molar-refractivity contribution is 0.0697. The van der Waals surface area contributed by atoms with E-state index >= 15 is 0 Å². The molecule has 0 unspecified atom stereocenters. The van der Waals surface area contributed by atoms with Crippen molar-refractivity contribution in [3.63, 3.8) is 0 Å². The van der Waals surface area contributed by atoms with Crippen molar-refractivity contribution >= 4 is 28.6 Å². The smallest absolute Gasteiger partial charge is 0.335 e. The van der Waals surface area contributed by atoms with E-state index in [-0.39, 0.29) is 5.56 Å². The molecule has 0 amide bonds. The van der Waals surface area contributed by atoms with E-state index in [0.29, 0.717) is 11.4 Å². The Morgan fingerprint density at radius 3 is 2.83 bits per heavy atom. The Hall–Kier alpha value is -1.62. The molecule has 2 aromatic rings. The lowest BCUT2D eigenvalue weighted by Crippen LogP contribution is -1.97. The summed E-state index contributed by atoms with van der Waals surface area (Å²) in [6.07, 6.45) is 1.48. The predicted octanol–water partition coefficient (Wildman–Crippen LogP) is 3.08. The number of aromatic carboxylic acids is 1. The van der Waals surface area contributed by atoms with E-state index in [4.69, 9.17) is 5.11 Å². The third-order valence-corrected chi connectivity index (χ3v) is 3.83. The third-order valence-electron chi connectivity index (χ3n) is 2.40. The number of hydrogen-bond acceptors (Lipinski definition) is 4. The number of thioether (sulfide) groups is 1. The Bertz CT molecular complexity index is 584. The van der Waals surface area contributed by atoms with Crippen LogP contribution in [-0.2, 0) is 0 Å². The summed E-state index contributed by atoms with van der Waals surface area (Å²) in [5.74, 6) is 0.623. The zero-order valence-electron chi connectivity index (χ0n) is 10.3. The molecule has 1 aromatic heterocycles. The average Bonchev–Trinajstić information content (AvgIpc) is 2.35. The van der Waals surface area contributed by atoms with Crippen molar-refractivity contribution in [2.24, 2.45) is 5.92 Å². The fraction of sp³-hybridized carbons (Fsp3) is 0.308. The minimum absolute atomic E-state index is 0.251. The van der Waals surface area contributed by atoms with Crippen LogP contribution < -0.4 is 0 Å². The summed E-state index contributed by atoms with van der Waals surface area (Å²) in [5.41, 5.74) is 0.928. The monoisotopic (exact) mass is 262 g/mol. The minimum atomic E-state index is -0.938. The van der Waals surface area contributed by atoms with Gasteiger partial charge in [-0.2, -0.15) is 0 Å². The summed E-state index contributed by atoms with van der Waals surface area (Å²) >= 11 is 1.67. The van der Waals surface area contributed by atoms with Gasteiger partial charge in [0.25, 0.3) is 0 Å². The molecule has 0 radical (unpaired) electrons. The molecule has 94 valence electrons. The average molecular weight is 262 g/mol. The van der Waals surface area contributed by atoms with E-state index in [9.17, 15) is 4.79 Å². The quantitative estimate of drug-likeness (QED) is 0.677. The van der Waals surface area contributed by atoms with Crippen molar-refractivity contribution in [3.05, 3.63) is 30.1 Å². The van der Waals surface area contributed by atoms with Crippen molar-refractivity contribution in [1.82, 2.24) is 9.97 Å². The Kier molecular flexibility index (Phi) is 3.81. The molecule has 5 heteroatoms. The van der Waals surface area contributed by atoms with Crippen LogP contribution in [0.15, 0.2) is 29.6 Å². The highest BCUT2D eigenvalue weighted by atomic mass is 32.2. The van der Waals surface area contributed by atoms with Crippen molar-refractivity contribution in [3.8, 4) is 0 Å². The molecule has 0 bridgehead atoms. The predicted molar refractivity (Wildman–Crippen MR) is 72.1 cm³/mol. The molecule has 0 aliphatic carbocycles. The molecule has 0 spiro atoms. The largest absolute Gasteiger partial charge is 0.478 e. The Morgan fingerprint density at radius 1 is 1.39 bits per heavy atom. The minimum Gasteiger partial charge on any atom is -0.478 e. The second-order valence-corrected chi connectivity index (χ2v) is 5.43. The maximum absolute atomic E-state index is 10.9. The van der Waals surface area contributed by atoms with Crippen molar-refractivity contribution in [1.29, 1.82) is 0 Å². The van der Waals surface area contributed by atoms with Gasteiger partial charge in [0.2, 0.25) is 0 Å². The van der Waals surface area contributed by atoms with Crippen molar-refractivity contribution < 1.29 is 9.90 Å².